The van der Waals surface area contributed by atoms with Crippen LogP contribution in [0.3, 0.4) is 0 Å². The van der Waals surface area contributed by atoms with E-state index in [1.54, 1.807) is 0 Å². The lowest BCUT2D eigenvalue weighted by atomic mass is 10.1. The van der Waals surface area contributed by atoms with Crippen molar-refractivity contribution in [3.63, 3.8) is 0 Å². The van der Waals surface area contributed by atoms with E-state index >= 15 is 0 Å². The van der Waals surface area contributed by atoms with Gasteiger partial charge in [-0.15, -0.1) is 0 Å². The highest BCUT2D eigenvalue weighted by atomic mass is 19.4. The van der Waals surface area contributed by atoms with Crippen LogP contribution in [0.25, 0.3) is 11.3 Å². The van der Waals surface area contributed by atoms with E-state index in [1.165, 1.54) is 25.1 Å². The Morgan fingerprint density at radius 1 is 1.28 bits per heavy atom. The van der Waals surface area contributed by atoms with Gasteiger partial charge in [0, 0.05) is 11.6 Å². The first kappa shape index (κ1) is 12.6. The van der Waals surface area contributed by atoms with Crippen molar-refractivity contribution in [3.8, 4) is 11.3 Å². The Balaban J connectivity index is 2.38. The number of aliphatic hydroxyl groups excluding tert-OH is 1. The Bertz CT molecular complexity index is 546. The van der Waals surface area contributed by atoms with Crippen LogP contribution in [0.2, 0.25) is 0 Å². The van der Waals surface area contributed by atoms with E-state index in [9.17, 15) is 18.3 Å². The van der Waals surface area contributed by atoms with Gasteiger partial charge in [-0.05, 0) is 19.1 Å². The Morgan fingerprint density at radius 3 is 2.56 bits per heavy atom. The first-order valence-electron chi connectivity index (χ1n) is 5.20. The predicted octanol–water partition coefficient (Wildman–Crippen LogP) is 3.41. The second-order valence-electron chi connectivity index (χ2n) is 3.87. The number of hydrogen-bond donors (Lipinski definition) is 1. The zero-order valence-corrected chi connectivity index (χ0v) is 9.40. The quantitative estimate of drug-likeness (QED) is 0.896. The molecule has 18 heavy (non-hydrogen) atoms. The Labute approximate surface area is 101 Å². The smallest absolute Gasteiger partial charge is 0.385 e. The number of nitrogens with zero attached hydrogens (tertiary/aromatic N) is 1. The molecular formula is C12H10F3NO2. The topological polar surface area (TPSA) is 46.3 Å². The molecule has 0 saturated carbocycles. The molecule has 1 unspecified atom stereocenters. The minimum atomic E-state index is -4.40. The Morgan fingerprint density at radius 2 is 2.00 bits per heavy atom. The molecule has 0 aliphatic rings. The minimum absolute atomic E-state index is 0.211. The van der Waals surface area contributed by atoms with E-state index in [0.717, 1.165) is 12.1 Å². The zero-order chi connectivity index (χ0) is 13.3. The van der Waals surface area contributed by atoms with Crippen LogP contribution >= 0.6 is 0 Å². The number of benzene rings is 1. The molecule has 2 rings (SSSR count). The van der Waals surface area contributed by atoms with Crippen LogP contribution in [0.15, 0.2) is 34.9 Å². The van der Waals surface area contributed by atoms with E-state index in [4.69, 9.17) is 4.52 Å². The summed E-state index contributed by atoms with van der Waals surface area (Å²) in [5, 5.41) is 12.9. The summed E-state index contributed by atoms with van der Waals surface area (Å²) in [5.41, 5.74) is -0.195. The van der Waals surface area contributed by atoms with Crippen molar-refractivity contribution in [3.05, 3.63) is 41.7 Å². The van der Waals surface area contributed by atoms with Gasteiger partial charge in [0.2, 0.25) is 0 Å². The molecule has 1 aromatic heterocycles. The van der Waals surface area contributed by atoms with Crippen molar-refractivity contribution in [2.75, 3.05) is 0 Å². The molecule has 96 valence electrons. The standard InChI is InChI=1S/C12H10F3NO2/c1-7(17)11-6-10(16-18-11)8-3-2-4-9(5-8)12(13,14)15/h2-7,17H,1H3. The minimum Gasteiger partial charge on any atom is -0.385 e. The maximum absolute atomic E-state index is 12.5. The van der Waals surface area contributed by atoms with Crippen LogP contribution < -0.4 is 0 Å². The molecule has 1 atom stereocenters. The first-order valence-corrected chi connectivity index (χ1v) is 5.20. The van der Waals surface area contributed by atoms with E-state index in [-0.39, 0.29) is 11.5 Å². The summed E-state index contributed by atoms with van der Waals surface area (Å²) < 4.78 is 42.4. The van der Waals surface area contributed by atoms with Gasteiger partial charge < -0.3 is 9.63 Å². The summed E-state index contributed by atoms with van der Waals surface area (Å²) in [6.45, 7) is 1.48. The molecule has 6 heteroatoms. The molecule has 0 aliphatic carbocycles. The molecule has 1 N–H and O–H groups in total. The predicted molar refractivity (Wildman–Crippen MR) is 57.6 cm³/mol. The average molecular weight is 257 g/mol. The third kappa shape index (κ3) is 2.53. The number of alkyl halides is 3. The summed E-state index contributed by atoms with van der Waals surface area (Å²) >= 11 is 0. The van der Waals surface area contributed by atoms with Gasteiger partial charge in [-0.2, -0.15) is 13.2 Å². The highest BCUT2D eigenvalue weighted by molar-refractivity contribution is 5.60. The van der Waals surface area contributed by atoms with Gasteiger partial charge in [-0.3, -0.25) is 0 Å². The van der Waals surface area contributed by atoms with Crippen LogP contribution in [0.4, 0.5) is 13.2 Å². The number of hydrogen-bond acceptors (Lipinski definition) is 3. The van der Waals surface area contributed by atoms with Crippen molar-refractivity contribution < 1.29 is 22.8 Å². The molecule has 2 aromatic rings. The molecule has 0 saturated heterocycles. The lowest BCUT2D eigenvalue weighted by molar-refractivity contribution is -0.137. The van der Waals surface area contributed by atoms with Crippen LogP contribution in [-0.2, 0) is 6.18 Å². The normalized spacial score (nSPS) is 13.6. The molecule has 0 aliphatic heterocycles. The fraction of sp³-hybridized carbons (Fsp3) is 0.250. The SMILES string of the molecule is CC(O)c1cc(-c2cccc(C(F)(F)F)c2)no1. The maximum Gasteiger partial charge on any atom is 0.416 e. The summed E-state index contributed by atoms with van der Waals surface area (Å²) in [6.07, 6.45) is -5.25. The fourth-order valence-electron chi connectivity index (χ4n) is 1.48. The lowest BCUT2D eigenvalue weighted by Crippen LogP contribution is -2.04. The molecule has 1 aromatic carbocycles. The van der Waals surface area contributed by atoms with Gasteiger partial charge >= 0.3 is 6.18 Å². The van der Waals surface area contributed by atoms with Gasteiger partial charge in [0.15, 0.2) is 5.76 Å². The second kappa shape index (κ2) is 4.45. The molecule has 0 amide bonds. The Kier molecular flexibility index (Phi) is 3.13. The van der Waals surface area contributed by atoms with E-state index < -0.39 is 17.8 Å². The molecule has 0 radical (unpaired) electrons. The van der Waals surface area contributed by atoms with Crippen LogP contribution in [-0.4, -0.2) is 10.3 Å². The van der Waals surface area contributed by atoms with Crippen LogP contribution in [0.5, 0.6) is 0 Å². The molecule has 3 nitrogen and oxygen atoms in total. The van der Waals surface area contributed by atoms with Crippen molar-refractivity contribution in [1.29, 1.82) is 0 Å². The van der Waals surface area contributed by atoms with Gasteiger partial charge in [-0.25, -0.2) is 0 Å². The average Bonchev–Trinajstić information content (AvgIpc) is 2.77. The first-order chi connectivity index (χ1) is 8.38. The number of halogens is 3. The summed E-state index contributed by atoms with van der Waals surface area (Å²) in [6, 6.07) is 6.19. The van der Waals surface area contributed by atoms with E-state index in [0.29, 0.717) is 5.56 Å². The zero-order valence-electron chi connectivity index (χ0n) is 9.40. The molecular weight excluding hydrogens is 247 g/mol. The highest BCUT2D eigenvalue weighted by Crippen LogP contribution is 2.32. The lowest BCUT2D eigenvalue weighted by Gasteiger charge is -2.06. The van der Waals surface area contributed by atoms with Gasteiger partial charge in [-0.1, -0.05) is 17.3 Å². The van der Waals surface area contributed by atoms with Crippen molar-refractivity contribution >= 4 is 0 Å². The van der Waals surface area contributed by atoms with E-state index in [1.807, 2.05) is 0 Å². The largest absolute Gasteiger partial charge is 0.416 e. The number of aliphatic hydroxyl groups is 1. The highest BCUT2D eigenvalue weighted by Gasteiger charge is 2.30. The second-order valence-corrected chi connectivity index (χ2v) is 3.87. The molecule has 1 heterocycles. The van der Waals surface area contributed by atoms with Gasteiger partial charge in [0.1, 0.15) is 11.8 Å². The van der Waals surface area contributed by atoms with E-state index in [2.05, 4.69) is 5.16 Å². The molecule has 0 bridgehead atoms. The van der Waals surface area contributed by atoms with Crippen LogP contribution in [0, 0.1) is 0 Å². The third-order valence-electron chi connectivity index (χ3n) is 2.43. The van der Waals surface area contributed by atoms with Crippen molar-refractivity contribution in [2.24, 2.45) is 0 Å². The fourth-order valence-corrected chi connectivity index (χ4v) is 1.48. The molecule has 0 spiro atoms. The molecule has 0 fully saturated rings. The van der Waals surface area contributed by atoms with Crippen LogP contribution in [0.1, 0.15) is 24.4 Å². The number of aromatic nitrogens is 1. The monoisotopic (exact) mass is 257 g/mol. The van der Waals surface area contributed by atoms with Crippen molar-refractivity contribution in [2.45, 2.75) is 19.2 Å². The Hall–Kier alpha value is -1.82. The van der Waals surface area contributed by atoms with Gasteiger partial charge in [0.05, 0.1) is 5.56 Å². The van der Waals surface area contributed by atoms with Gasteiger partial charge in [0.25, 0.3) is 0 Å². The maximum atomic E-state index is 12.5. The summed E-state index contributed by atoms with van der Waals surface area (Å²) in [7, 11) is 0. The number of rotatable bonds is 2. The third-order valence-corrected chi connectivity index (χ3v) is 2.43. The summed E-state index contributed by atoms with van der Waals surface area (Å²) in [5.74, 6) is 0.211. The van der Waals surface area contributed by atoms with Crippen molar-refractivity contribution in [1.82, 2.24) is 5.16 Å². The summed E-state index contributed by atoms with van der Waals surface area (Å²) in [4.78, 5) is 0.